The van der Waals surface area contributed by atoms with E-state index in [2.05, 4.69) is 10.2 Å². The zero-order chi connectivity index (χ0) is 14.5. The molecule has 1 N–H and O–H groups in total. The molecule has 1 atom stereocenters. The molecule has 0 radical (unpaired) electrons. The normalized spacial score (nSPS) is 19.4. The molecule has 1 fully saturated rings. The second-order valence-electron chi connectivity index (χ2n) is 5.05. The fourth-order valence-electron chi connectivity index (χ4n) is 2.55. The number of anilines is 1. The Balaban J connectivity index is 2.07. The third-order valence-electron chi connectivity index (χ3n) is 3.72. The van der Waals surface area contributed by atoms with E-state index in [4.69, 9.17) is 9.47 Å². The fourth-order valence-corrected chi connectivity index (χ4v) is 2.55. The number of rotatable bonds is 4. The van der Waals surface area contributed by atoms with Crippen molar-refractivity contribution < 1.29 is 14.3 Å². The first-order valence-corrected chi connectivity index (χ1v) is 6.89. The molecule has 1 amide bonds. The fraction of sp³-hybridized carbons (Fsp3) is 0.533. The number of hydrogen-bond donors (Lipinski definition) is 1. The smallest absolute Gasteiger partial charge is 0.241 e. The van der Waals surface area contributed by atoms with Crippen molar-refractivity contribution in [3.63, 3.8) is 0 Å². The Hall–Kier alpha value is -1.75. The quantitative estimate of drug-likeness (QED) is 0.916. The van der Waals surface area contributed by atoms with Gasteiger partial charge in [0.05, 0.1) is 20.3 Å². The van der Waals surface area contributed by atoms with Crippen LogP contribution in [0.4, 0.5) is 5.69 Å². The van der Waals surface area contributed by atoms with Gasteiger partial charge in [0.1, 0.15) is 0 Å². The van der Waals surface area contributed by atoms with Gasteiger partial charge in [0.2, 0.25) is 5.91 Å². The molecule has 0 bridgehead atoms. The standard InChI is InChI=1S/C15H22N2O3/c1-17-9-5-4-6-12(17)15(18)16-11-7-8-13(19-2)14(10-11)20-3/h7-8,10,12H,4-6,9H2,1-3H3,(H,16,18)/t12-/m0/s1. The van der Waals surface area contributed by atoms with Gasteiger partial charge in [0, 0.05) is 11.8 Å². The lowest BCUT2D eigenvalue weighted by atomic mass is 10.0. The number of piperidine rings is 1. The third kappa shape index (κ3) is 3.22. The van der Waals surface area contributed by atoms with Crippen LogP contribution < -0.4 is 14.8 Å². The second kappa shape index (κ2) is 6.61. The number of amides is 1. The van der Waals surface area contributed by atoms with Gasteiger partial charge in [0.15, 0.2) is 11.5 Å². The highest BCUT2D eigenvalue weighted by Crippen LogP contribution is 2.30. The molecule has 1 aliphatic rings. The Morgan fingerprint density at radius 2 is 2.00 bits per heavy atom. The number of hydrogen-bond acceptors (Lipinski definition) is 4. The number of carbonyl (C=O) groups is 1. The van der Waals surface area contributed by atoms with E-state index in [9.17, 15) is 4.79 Å². The van der Waals surface area contributed by atoms with Crippen molar-refractivity contribution in [2.75, 3.05) is 33.1 Å². The Kier molecular flexibility index (Phi) is 4.84. The summed E-state index contributed by atoms with van der Waals surface area (Å²) in [6, 6.07) is 5.34. The summed E-state index contributed by atoms with van der Waals surface area (Å²) in [5.74, 6) is 1.31. The molecular weight excluding hydrogens is 256 g/mol. The number of nitrogens with zero attached hydrogens (tertiary/aromatic N) is 1. The summed E-state index contributed by atoms with van der Waals surface area (Å²) in [5.41, 5.74) is 0.728. The summed E-state index contributed by atoms with van der Waals surface area (Å²) in [7, 11) is 5.17. The highest BCUT2D eigenvalue weighted by atomic mass is 16.5. The van der Waals surface area contributed by atoms with E-state index < -0.39 is 0 Å². The molecule has 110 valence electrons. The van der Waals surface area contributed by atoms with Gasteiger partial charge in [-0.2, -0.15) is 0 Å². The zero-order valence-corrected chi connectivity index (χ0v) is 12.3. The van der Waals surface area contributed by atoms with Gasteiger partial charge in [0.25, 0.3) is 0 Å². The summed E-state index contributed by atoms with van der Waals surface area (Å²) in [4.78, 5) is 14.4. The van der Waals surface area contributed by atoms with Gasteiger partial charge in [-0.1, -0.05) is 6.42 Å². The first-order chi connectivity index (χ1) is 9.65. The van der Waals surface area contributed by atoms with Crippen LogP contribution in [0.5, 0.6) is 11.5 Å². The minimum absolute atomic E-state index is 0.0411. The van der Waals surface area contributed by atoms with E-state index in [0.29, 0.717) is 11.5 Å². The highest BCUT2D eigenvalue weighted by Gasteiger charge is 2.25. The molecule has 20 heavy (non-hydrogen) atoms. The average molecular weight is 278 g/mol. The summed E-state index contributed by atoms with van der Waals surface area (Å²) in [6.07, 6.45) is 3.18. The van der Waals surface area contributed by atoms with Crippen LogP contribution in [0.1, 0.15) is 19.3 Å². The van der Waals surface area contributed by atoms with Crippen molar-refractivity contribution in [2.45, 2.75) is 25.3 Å². The van der Waals surface area contributed by atoms with Gasteiger partial charge in [-0.25, -0.2) is 0 Å². The number of methoxy groups -OCH3 is 2. The Morgan fingerprint density at radius 3 is 2.65 bits per heavy atom. The Labute approximate surface area is 119 Å². The van der Waals surface area contributed by atoms with E-state index in [0.717, 1.165) is 31.5 Å². The van der Waals surface area contributed by atoms with Crippen molar-refractivity contribution >= 4 is 11.6 Å². The lowest BCUT2D eigenvalue weighted by molar-refractivity contribution is -0.121. The topological polar surface area (TPSA) is 50.8 Å². The number of nitrogens with one attached hydrogen (secondary N) is 1. The SMILES string of the molecule is COc1ccc(NC(=O)[C@@H]2CCCCN2C)cc1OC. The first-order valence-electron chi connectivity index (χ1n) is 6.89. The van der Waals surface area contributed by atoms with E-state index >= 15 is 0 Å². The van der Waals surface area contributed by atoms with Gasteiger partial charge >= 0.3 is 0 Å². The third-order valence-corrected chi connectivity index (χ3v) is 3.72. The van der Waals surface area contributed by atoms with Crippen molar-refractivity contribution in [1.82, 2.24) is 4.90 Å². The van der Waals surface area contributed by atoms with Crippen LogP contribution in [0, 0.1) is 0 Å². The maximum Gasteiger partial charge on any atom is 0.241 e. The molecule has 0 saturated carbocycles. The second-order valence-corrected chi connectivity index (χ2v) is 5.05. The number of benzene rings is 1. The maximum atomic E-state index is 12.3. The molecule has 2 rings (SSSR count). The molecule has 1 aromatic rings. The summed E-state index contributed by atoms with van der Waals surface area (Å²) >= 11 is 0. The summed E-state index contributed by atoms with van der Waals surface area (Å²) in [6.45, 7) is 0.976. The Morgan fingerprint density at radius 1 is 1.25 bits per heavy atom. The van der Waals surface area contributed by atoms with Crippen molar-refractivity contribution in [3.8, 4) is 11.5 Å². The van der Waals surface area contributed by atoms with E-state index in [1.54, 1.807) is 26.4 Å². The molecule has 1 saturated heterocycles. The van der Waals surface area contributed by atoms with E-state index in [1.807, 2.05) is 13.1 Å². The molecule has 1 aromatic carbocycles. The van der Waals surface area contributed by atoms with Gasteiger partial charge in [-0.05, 0) is 38.6 Å². The van der Waals surface area contributed by atoms with Crippen LogP contribution >= 0.6 is 0 Å². The Bertz CT molecular complexity index is 476. The molecule has 1 aliphatic heterocycles. The van der Waals surface area contributed by atoms with Gasteiger partial charge < -0.3 is 14.8 Å². The monoisotopic (exact) mass is 278 g/mol. The minimum atomic E-state index is -0.0446. The molecule has 0 unspecified atom stereocenters. The lowest BCUT2D eigenvalue weighted by Crippen LogP contribution is -2.44. The van der Waals surface area contributed by atoms with Crippen LogP contribution in [0.2, 0.25) is 0 Å². The van der Waals surface area contributed by atoms with Crippen LogP contribution in [0.3, 0.4) is 0 Å². The molecule has 1 heterocycles. The number of carbonyl (C=O) groups excluding carboxylic acids is 1. The average Bonchev–Trinajstić information content (AvgIpc) is 2.47. The molecule has 0 spiro atoms. The van der Waals surface area contributed by atoms with Crippen LogP contribution in [0.25, 0.3) is 0 Å². The molecule has 5 heteroatoms. The molecule has 0 aliphatic carbocycles. The van der Waals surface area contributed by atoms with Crippen molar-refractivity contribution in [2.24, 2.45) is 0 Å². The minimum Gasteiger partial charge on any atom is -0.493 e. The van der Waals surface area contributed by atoms with Crippen LogP contribution in [0.15, 0.2) is 18.2 Å². The predicted molar refractivity (Wildman–Crippen MR) is 78.4 cm³/mol. The molecular formula is C15H22N2O3. The van der Waals surface area contributed by atoms with Crippen LogP contribution in [-0.2, 0) is 4.79 Å². The number of likely N-dealkylation sites (N-methyl/N-ethyl adjacent to an activating group) is 1. The largest absolute Gasteiger partial charge is 0.493 e. The van der Waals surface area contributed by atoms with Crippen molar-refractivity contribution in [3.05, 3.63) is 18.2 Å². The molecule has 5 nitrogen and oxygen atoms in total. The van der Waals surface area contributed by atoms with E-state index in [-0.39, 0.29) is 11.9 Å². The first kappa shape index (κ1) is 14.7. The van der Waals surface area contributed by atoms with Gasteiger partial charge in [-0.3, -0.25) is 9.69 Å². The summed E-state index contributed by atoms with van der Waals surface area (Å²) in [5, 5.41) is 2.95. The maximum absolute atomic E-state index is 12.3. The number of ether oxygens (including phenoxy) is 2. The number of likely N-dealkylation sites (tertiary alicyclic amines) is 1. The van der Waals surface area contributed by atoms with Crippen molar-refractivity contribution in [1.29, 1.82) is 0 Å². The van der Waals surface area contributed by atoms with Gasteiger partial charge in [-0.15, -0.1) is 0 Å². The zero-order valence-electron chi connectivity index (χ0n) is 12.3. The predicted octanol–water partition coefficient (Wildman–Crippen LogP) is 2.13. The lowest BCUT2D eigenvalue weighted by Gasteiger charge is -2.31. The van der Waals surface area contributed by atoms with Crippen LogP contribution in [-0.4, -0.2) is 44.7 Å². The summed E-state index contributed by atoms with van der Waals surface area (Å²) < 4.78 is 10.4. The van der Waals surface area contributed by atoms with E-state index in [1.165, 1.54) is 0 Å². The molecule has 0 aromatic heterocycles. The highest BCUT2D eigenvalue weighted by molar-refractivity contribution is 5.95.